The maximum absolute atomic E-state index is 14.0. The number of aromatic nitrogens is 2. The Morgan fingerprint density at radius 3 is 2.54 bits per heavy atom. The van der Waals surface area contributed by atoms with Crippen LogP contribution in [0.3, 0.4) is 0 Å². The number of nitrogens with zero attached hydrogens (tertiary/aromatic N) is 3. The second-order valence-corrected chi connectivity index (χ2v) is 10.2. The Morgan fingerprint density at radius 2 is 1.90 bits per heavy atom. The predicted octanol–water partition coefficient (Wildman–Crippen LogP) is 4.47. The van der Waals surface area contributed by atoms with E-state index in [9.17, 15) is 4.39 Å². The number of nitrogen functional groups attached to an aromatic ring is 1. The van der Waals surface area contributed by atoms with E-state index in [-0.39, 0.29) is 10.8 Å². The first-order valence-corrected chi connectivity index (χ1v) is 13.7. The van der Waals surface area contributed by atoms with Crippen LogP contribution in [0.5, 0.6) is 11.5 Å². The van der Waals surface area contributed by atoms with Crippen molar-refractivity contribution < 1.29 is 31.4 Å². The molecule has 11 nitrogen and oxygen atoms in total. The molecule has 3 heterocycles. The molecule has 0 spiro atoms. The van der Waals surface area contributed by atoms with Crippen molar-refractivity contribution in [1.82, 2.24) is 15.3 Å². The van der Waals surface area contributed by atoms with E-state index >= 15 is 0 Å². The molecule has 39 heavy (non-hydrogen) atoms. The number of anilines is 2. The summed E-state index contributed by atoms with van der Waals surface area (Å²) in [5, 5.41) is 3.58. The van der Waals surface area contributed by atoms with E-state index in [4.69, 9.17) is 55.9 Å². The first kappa shape index (κ1) is 30.6. The molecule has 1 aromatic carbocycles. The summed E-state index contributed by atoms with van der Waals surface area (Å²) in [5.74, 6) is 1.41. The van der Waals surface area contributed by atoms with Gasteiger partial charge in [-0.2, -0.15) is 8.42 Å². The number of nitrogens with two attached hydrogens (primary N) is 1. The SMILES string of the molecule is COc1cc(N2CCNC[C@@H]2C)ncc1-c1cnc(N)c(O[C@H](C)c2c(Cl)ccc(F)c2Cl)c1.O=S(=O)(O)O. The number of hydrogen-bond donors (Lipinski definition) is 4. The highest BCUT2D eigenvalue weighted by Crippen LogP contribution is 2.39. The lowest BCUT2D eigenvalue weighted by Gasteiger charge is -2.35. The molecule has 5 N–H and O–H groups in total. The van der Waals surface area contributed by atoms with Crippen molar-refractivity contribution in [2.45, 2.75) is 26.0 Å². The van der Waals surface area contributed by atoms with Crippen LogP contribution >= 0.6 is 23.2 Å². The lowest BCUT2D eigenvalue weighted by molar-refractivity contribution is 0.227. The highest BCUT2D eigenvalue weighted by atomic mass is 35.5. The van der Waals surface area contributed by atoms with Crippen LogP contribution < -0.4 is 25.4 Å². The zero-order chi connectivity index (χ0) is 28.9. The summed E-state index contributed by atoms with van der Waals surface area (Å²) in [6, 6.07) is 6.63. The van der Waals surface area contributed by atoms with E-state index in [1.54, 1.807) is 32.5 Å². The third kappa shape index (κ3) is 8.03. The molecule has 2 atom stereocenters. The Labute approximate surface area is 235 Å². The van der Waals surface area contributed by atoms with Crippen molar-refractivity contribution in [2.24, 2.45) is 0 Å². The number of ether oxygens (including phenoxy) is 2. The third-order valence-electron chi connectivity index (χ3n) is 5.85. The van der Waals surface area contributed by atoms with Crippen LogP contribution in [0.4, 0.5) is 16.0 Å². The molecule has 3 aromatic rings. The van der Waals surface area contributed by atoms with Crippen LogP contribution in [0, 0.1) is 5.82 Å². The van der Waals surface area contributed by atoms with Crippen LogP contribution in [0.1, 0.15) is 25.5 Å². The summed E-state index contributed by atoms with van der Waals surface area (Å²) in [6.07, 6.45) is 2.71. The van der Waals surface area contributed by atoms with Crippen molar-refractivity contribution in [3.05, 3.63) is 58.1 Å². The Kier molecular flexibility index (Phi) is 10.2. The van der Waals surface area contributed by atoms with E-state index in [2.05, 4.69) is 27.1 Å². The van der Waals surface area contributed by atoms with E-state index in [0.717, 1.165) is 31.0 Å². The molecule has 0 saturated carbocycles. The summed E-state index contributed by atoms with van der Waals surface area (Å²) < 4.78 is 57.3. The molecule has 15 heteroatoms. The summed E-state index contributed by atoms with van der Waals surface area (Å²) in [5.41, 5.74) is 7.85. The number of piperazine rings is 1. The monoisotopic (exact) mass is 603 g/mol. The summed E-state index contributed by atoms with van der Waals surface area (Å²) >= 11 is 12.4. The van der Waals surface area contributed by atoms with Gasteiger partial charge in [0.1, 0.15) is 23.5 Å². The molecule has 0 radical (unpaired) electrons. The number of nitrogens with one attached hydrogen (secondary N) is 1. The standard InChI is InChI=1S/C24H26Cl2FN5O2.H2O4S/c1-13-10-29-6-7-32(13)21-9-19(33-3)16(12-30-21)15-8-20(24(28)31-11-15)34-14(2)22-17(25)4-5-18(27)23(22)26;1-5(2,3)4/h4-5,8-9,11-14,29H,6-7,10H2,1-3H3,(H2,28,31);(H2,1,2,3,4)/t13-,14+;/m0./s1. The second kappa shape index (κ2) is 12.9. The van der Waals surface area contributed by atoms with E-state index in [1.807, 2.05) is 6.07 Å². The molecular weight excluding hydrogens is 576 g/mol. The van der Waals surface area contributed by atoms with Crippen molar-refractivity contribution >= 4 is 45.2 Å². The highest BCUT2D eigenvalue weighted by Gasteiger charge is 2.23. The van der Waals surface area contributed by atoms with Gasteiger partial charge in [-0.15, -0.1) is 0 Å². The zero-order valence-corrected chi connectivity index (χ0v) is 23.6. The van der Waals surface area contributed by atoms with E-state index in [0.29, 0.717) is 33.7 Å². The summed E-state index contributed by atoms with van der Waals surface area (Å²) in [7, 11) is -3.05. The van der Waals surface area contributed by atoms with Gasteiger partial charge in [-0.25, -0.2) is 14.4 Å². The molecule has 1 aliphatic heterocycles. The van der Waals surface area contributed by atoms with Crippen LogP contribution in [0.15, 0.2) is 36.7 Å². The number of benzene rings is 1. The van der Waals surface area contributed by atoms with Gasteiger partial charge in [-0.05, 0) is 32.0 Å². The Bertz CT molecular complexity index is 1420. The van der Waals surface area contributed by atoms with Gasteiger partial charge in [-0.1, -0.05) is 23.2 Å². The van der Waals surface area contributed by atoms with Crippen molar-refractivity contribution in [1.29, 1.82) is 0 Å². The van der Waals surface area contributed by atoms with Gasteiger partial charge in [-0.3, -0.25) is 9.11 Å². The number of pyridine rings is 2. The molecule has 1 fully saturated rings. The maximum atomic E-state index is 14.0. The van der Waals surface area contributed by atoms with Crippen LogP contribution in [0.2, 0.25) is 10.0 Å². The summed E-state index contributed by atoms with van der Waals surface area (Å²) in [6.45, 7) is 6.52. The first-order valence-electron chi connectivity index (χ1n) is 11.6. The topological polar surface area (TPSA) is 160 Å². The largest absolute Gasteiger partial charge is 0.496 e. The third-order valence-corrected chi connectivity index (χ3v) is 6.56. The smallest absolute Gasteiger partial charge is 0.394 e. The minimum Gasteiger partial charge on any atom is -0.496 e. The molecule has 2 aromatic heterocycles. The number of methoxy groups -OCH3 is 1. The predicted molar refractivity (Wildman–Crippen MR) is 148 cm³/mol. The summed E-state index contributed by atoms with van der Waals surface area (Å²) in [4.78, 5) is 11.2. The molecule has 4 rings (SSSR count). The van der Waals surface area contributed by atoms with E-state index < -0.39 is 22.3 Å². The van der Waals surface area contributed by atoms with Gasteiger partial charge in [0.2, 0.25) is 0 Å². The van der Waals surface area contributed by atoms with Gasteiger partial charge in [0.05, 0.1) is 12.1 Å². The molecule has 1 saturated heterocycles. The van der Waals surface area contributed by atoms with Gasteiger partial charge < -0.3 is 25.4 Å². The van der Waals surface area contributed by atoms with Crippen molar-refractivity contribution in [2.75, 3.05) is 37.4 Å². The normalized spacial score (nSPS) is 16.2. The lowest BCUT2D eigenvalue weighted by Crippen LogP contribution is -2.50. The molecular formula is C24H28Cl2FN5O6S. The van der Waals surface area contributed by atoms with Crippen LogP contribution in [-0.2, 0) is 10.4 Å². The minimum atomic E-state index is -4.67. The van der Waals surface area contributed by atoms with Crippen molar-refractivity contribution in [3.63, 3.8) is 0 Å². The van der Waals surface area contributed by atoms with Crippen molar-refractivity contribution in [3.8, 4) is 22.6 Å². The average Bonchev–Trinajstić information content (AvgIpc) is 2.87. The van der Waals surface area contributed by atoms with E-state index in [1.165, 1.54) is 12.1 Å². The average molecular weight is 604 g/mol. The van der Waals surface area contributed by atoms with Gasteiger partial charge in [0.25, 0.3) is 0 Å². The van der Waals surface area contributed by atoms with Gasteiger partial charge in [0, 0.05) is 65.8 Å². The second-order valence-electron chi connectivity index (χ2n) is 8.56. The maximum Gasteiger partial charge on any atom is 0.394 e. The Morgan fingerprint density at radius 1 is 1.21 bits per heavy atom. The van der Waals surface area contributed by atoms with Gasteiger partial charge >= 0.3 is 10.4 Å². The number of rotatable bonds is 6. The molecule has 0 amide bonds. The Balaban J connectivity index is 0.000000771. The number of halogens is 3. The Hall–Kier alpha value is -2.94. The molecule has 1 aliphatic rings. The fraction of sp³-hybridized carbons (Fsp3) is 0.333. The lowest BCUT2D eigenvalue weighted by atomic mass is 10.1. The first-order chi connectivity index (χ1) is 18.3. The molecule has 212 valence electrons. The zero-order valence-electron chi connectivity index (χ0n) is 21.2. The minimum absolute atomic E-state index is 0.0914. The fourth-order valence-corrected chi connectivity index (χ4v) is 4.69. The molecule has 0 unspecified atom stereocenters. The van der Waals surface area contributed by atoms with Gasteiger partial charge in [0.15, 0.2) is 11.6 Å². The molecule has 0 aliphatic carbocycles. The quantitative estimate of drug-likeness (QED) is 0.232. The molecule has 0 bridgehead atoms. The number of hydrogen-bond acceptors (Lipinski definition) is 9. The van der Waals surface area contributed by atoms with Crippen LogP contribution in [-0.4, -0.2) is 60.3 Å². The van der Waals surface area contributed by atoms with Crippen LogP contribution in [0.25, 0.3) is 11.1 Å². The highest BCUT2D eigenvalue weighted by molar-refractivity contribution is 7.79. The fourth-order valence-electron chi connectivity index (χ4n) is 4.01.